The molecule has 0 unspecified atom stereocenters. The summed E-state index contributed by atoms with van der Waals surface area (Å²) in [5.41, 5.74) is 1.43. The van der Waals surface area contributed by atoms with Crippen LogP contribution in [0, 0.1) is 0 Å². The van der Waals surface area contributed by atoms with Gasteiger partial charge in [-0.05, 0) is 47.0 Å². The molecule has 5 heteroatoms. The highest BCUT2D eigenvalue weighted by atomic mass is 79.9. The van der Waals surface area contributed by atoms with Crippen molar-refractivity contribution in [3.8, 4) is 0 Å². The first-order valence-corrected chi connectivity index (χ1v) is 8.46. The molecule has 1 aliphatic heterocycles. The number of nitrogens with zero attached hydrogens (tertiary/aromatic N) is 2. The average molecular weight is 353 g/mol. The summed E-state index contributed by atoms with van der Waals surface area (Å²) in [5.74, 6) is -0.881. The largest absolute Gasteiger partial charge is 0.478 e. The van der Waals surface area contributed by atoms with Crippen molar-refractivity contribution in [2.24, 2.45) is 0 Å². The molecule has 0 bridgehead atoms. The molecule has 1 saturated heterocycles. The SMILES string of the molecule is O=C(O)c1ccc(N2CCN(C3CCCC3)CC2)c(Br)c1. The van der Waals surface area contributed by atoms with Crippen LogP contribution in [0.4, 0.5) is 5.69 Å². The van der Waals surface area contributed by atoms with Gasteiger partial charge in [0.1, 0.15) is 0 Å². The number of rotatable bonds is 3. The molecule has 1 saturated carbocycles. The number of aromatic carboxylic acids is 1. The molecule has 0 spiro atoms. The minimum absolute atomic E-state index is 0.329. The Labute approximate surface area is 133 Å². The lowest BCUT2D eigenvalue weighted by atomic mass is 10.1. The van der Waals surface area contributed by atoms with Crippen LogP contribution in [0.15, 0.2) is 22.7 Å². The molecule has 3 rings (SSSR count). The molecule has 1 aromatic carbocycles. The van der Waals surface area contributed by atoms with Crippen LogP contribution in [0.3, 0.4) is 0 Å². The Kier molecular flexibility index (Phi) is 4.50. The standard InChI is InChI=1S/C16H21BrN2O2/c17-14-11-12(16(20)21)5-6-15(14)19-9-7-18(8-10-19)13-3-1-2-4-13/h5-6,11,13H,1-4,7-10H2,(H,20,21). The van der Waals surface area contributed by atoms with Crippen molar-refractivity contribution >= 4 is 27.6 Å². The fraction of sp³-hybridized carbons (Fsp3) is 0.562. The minimum atomic E-state index is -0.881. The first kappa shape index (κ1) is 14.9. The van der Waals surface area contributed by atoms with Crippen molar-refractivity contribution in [1.82, 2.24) is 4.90 Å². The van der Waals surface area contributed by atoms with Gasteiger partial charge < -0.3 is 10.0 Å². The molecule has 0 radical (unpaired) electrons. The van der Waals surface area contributed by atoms with Gasteiger partial charge in [-0.2, -0.15) is 0 Å². The third kappa shape index (κ3) is 3.24. The molecular weight excluding hydrogens is 332 g/mol. The number of halogens is 1. The molecule has 114 valence electrons. The van der Waals surface area contributed by atoms with Crippen LogP contribution in [-0.2, 0) is 0 Å². The van der Waals surface area contributed by atoms with E-state index in [0.717, 1.165) is 42.4 Å². The molecule has 2 fully saturated rings. The van der Waals surface area contributed by atoms with Crippen molar-refractivity contribution < 1.29 is 9.90 Å². The van der Waals surface area contributed by atoms with Crippen LogP contribution in [0.1, 0.15) is 36.0 Å². The summed E-state index contributed by atoms with van der Waals surface area (Å²) in [7, 11) is 0. The second-order valence-electron chi connectivity index (χ2n) is 5.93. The van der Waals surface area contributed by atoms with Crippen molar-refractivity contribution in [3.05, 3.63) is 28.2 Å². The number of piperazine rings is 1. The quantitative estimate of drug-likeness (QED) is 0.906. The Balaban J connectivity index is 1.65. The molecule has 0 atom stereocenters. The van der Waals surface area contributed by atoms with Gasteiger partial charge in [-0.15, -0.1) is 0 Å². The van der Waals surface area contributed by atoms with E-state index >= 15 is 0 Å². The highest BCUT2D eigenvalue weighted by Gasteiger charge is 2.26. The van der Waals surface area contributed by atoms with E-state index in [1.807, 2.05) is 6.07 Å². The fourth-order valence-electron chi connectivity index (χ4n) is 3.49. The molecule has 1 aromatic rings. The lowest BCUT2D eigenvalue weighted by Gasteiger charge is -2.39. The van der Waals surface area contributed by atoms with Crippen LogP contribution in [0.25, 0.3) is 0 Å². The van der Waals surface area contributed by atoms with Gasteiger partial charge in [0.15, 0.2) is 0 Å². The number of benzene rings is 1. The van der Waals surface area contributed by atoms with Gasteiger partial charge in [-0.3, -0.25) is 4.90 Å². The lowest BCUT2D eigenvalue weighted by Crippen LogP contribution is -2.49. The second kappa shape index (κ2) is 6.36. The summed E-state index contributed by atoms with van der Waals surface area (Å²) >= 11 is 3.51. The molecule has 1 heterocycles. The molecule has 1 N–H and O–H groups in total. The molecule has 0 aromatic heterocycles. The number of hydrogen-bond acceptors (Lipinski definition) is 3. The zero-order chi connectivity index (χ0) is 14.8. The number of carboxylic acid groups (broad SMARTS) is 1. The molecule has 0 amide bonds. The lowest BCUT2D eigenvalue weighted by molar-refractivity contribution is 0.0697. The van der Waals surface area contributed by atoms with Crippen LogP contribution in [0.5, 0.6) is 0 Å². The van der Waals surface area contributed by atoms with Gasteiger partial charge in [0, 0.05) is 36.7 Å². The van der Waals surface area contributed by atoms with E-state index in [1.54, 1.807) is 12.1 Å². The number of anilines is 1. The summed E-state index contributed by atoms with van der Waals surface area (Å²) in [6, 6.07) is 6.09. The predicted molar refractivity (Wildman–Crippen MR) is 87.1 cm³/mol. The first-order valence-electron chi connectivity index (χ1n) is 7.67. The van der Waals surface area contributed by atoms with Crippen molar-refractivity contribution in [2.75, 3.05) is 31.1 Å². The first-order chi connectivity index (χ1) is 10.1. The third-order valence-electron chi connectivity index (χ3n) is 4.69. The smallest absolute Gasteiger partial charge is 0.335 e. The van der Waals surface area contributed by atoms with E-state index < -0.39 is 5.97 Å². The van der Waals surface area contributed by atoms with E-state index in [9.17, 15) is 4.79 Å². The van der Waals surface area contributed by atoms with Crippen molar-refractivity contribution in [3.63, 3.8) is 0 Å². The summed E-state index contributed by atoms with van der Waals surface area (Å²) in [5, 5.41) is 9.03. The van der Waals surface area contributed by atoms with Crippen LogP contribution in [-0.4, -0.2) is 48.2 Å². The highest BCUT2D eigenvalue weighted by molar-refractivity contribution is 9.10. The zero-order valence-corrected chi connectivity index (χ0v) is 13.7. The average Bonchev–Trinajstić information content (AvgIpc) is 3.01. The van der Waals surface area contributed by atoms with Gasteiger partial charge >= 0.3 is 5.97 Å². The van der Waals surface area contributed by atoms with E-state index in [1.165, 1.54) is 25.7 Å². The second-order valence-corrected chi connectivity index (χ2v) is 6.79. The predicted octanol–water partition coefficient (Wildman–Crippen LogP) is 3.21. The maximum Gasteiger partial charge on any atom is 0.335 e. The molecule has 4 nitrogen and oxygen atoms in total. The van der Waals surface area contributed by atoms with Gasteiger partial charge in [0.25, 0.3) is 0 Å². The Hall–Kier alpha value is -1.07. The van der Waals surface area contributed by atoms with Crippen LogP contribution < -0.4 is 4.90 Å². The molecule has 1 aliphatic carbocycles. The van der Waals surface area contributed by atoms with Gasteiger partial charge in [-0.25, -0.2) is 4.79 Å². The monoisotopic (exact) mass is 352 g/mol. The van der Waals surface area contributed by atoms with E-state index in [0.29, 0.717) is 5.56 Å². The van der Waals surface area contributed by atoms with Crippen molar-refractivity contribution in [1.29, 1.82) is 0 Å². The van der Waals surface area contributed by atoms with Gasteiger partial charge in [0.2, 0.25) is 0 Å². The Morgan fingerprint density at radius 2 is 1.81 bits per heavy atom. The minimum Gasteiger partial charge on any atom is -0.478 e. The summed E-state index contributed by atoms with van der Waals surface area (Å²) < 4.78 is 0.872. The van der Waals surface area contributed by atoms with Crippen LogP contribution >= 0.6 is 15.9 Å². The summed E-state index contributed by atoms with van der Waals surface area (Å²) in [4.78, 5) is 16.0. The van der Waals surface area contributed by atoms with E-state index in [4.69, 9.17) is 5.11 Å². The molecular formula is C16H21BrN2O2. The van der Waals surface area contributed by atoms with E-state index in [2.05, 4.69) is 25.7 Å². The number of carboxylic acids is 1. The molecule has 2 aliphatic rings. The third-order valence-corrected chi connectivity index (χ3v) is 5.33. The van der Waals surface area contributed by atoms with Crippen LogP contribution in [0.2, 0.25) is 0 Å². The maximum atomic E-state index is 11.0. The molecule has 21 heavy (non-hydrogen) atoms. The number of hydrogen-bond donors (Lipinski definition) is 1. The zero-order valence-electron chi connectivity index (χ0n) is 12.1. The number of carbonyl (C=O) groups is 1. The Morgan fingerprint density at radius 1 is 1.14 bits per heavy atom. The van der Waals surface area contributed by atoms with Gasteiger partial charge in [0.05, 0.1) is 11.3 Å². The summed E-state index contributed by atoms with van der Waals surface area (Å²) in [6.45, 7) is 4.25. The maximum absolute atomic E-state index is 11.0. The highest BCUT2D eigenvalue weighted by Crippen LogP contribution is 2.30. The van der Waals surface area contributed by atoms with Gasteiger partial charge in [-0.1, -0.05) is 12.8 Å². The fourth-order valence-corrected chi connectivity index (χ4v) is 4.12. The Morgan fingerprint density at radius 3 is 2.38 bits per heavy atom. The normalized spacial score (nSPS) is 20.9. The van der Waals surface area contributed by atoms with Crippen molar-refractivity contribution in [2.45, 2.75) is 31.7 Å². The topological polar surface area (TPSA) is 43.8 Å². The summed E-state index contributed by atoms with van der Waals surface area (Å²) in [6.07, 6.45) is 5.48. The Bertz CT molecular complexity index is 521. The van der Waals surface area contributed by atoms with E-state index in [-0.39, 0.29) is 0 Å².